The van der Waals surface area contributed by atoms with Crippen molar-refractivity contribution < 1.29 is 0 Å². The predicted molar refractivity (Wildman–Crippen MR) is 95.8 cm³/mol. The molecule has 1 heterocycles. The van der Waals surface area contributed by atoms with Gasteiger partial charge in [-0.3, -0.25) is 4.99 Å². The molecule has 1 atom stereocenters. The molecule has 4 heteroatoms. The average molecular weight is 311 g/mol. The highest BCUT2D eigenvalue weighted by molar-refractivity contribution is 7.99. The van der Waals surface area contributed by atoms with Gasteiger partial charge >= 0.3 is 0 Å². The molecule has 114 valence electrons. The van der Waals surface area contributed by atoms with E-state index in [4.69, 9.17) is 5.73 Å². The largest absolute Gasteiger partial charge is 0.370 e. The molecular weight excluding hydrogens is 290 g/mol. The fraction of sp³-hybridized carbons (Fsp3) is 0.278. The first kappa shape index (κ1) is 15.0. The van der Waals surface area contributed by atoms with Crippen molar-refractivity contribution in [1.82, 2.24) is 0 Å². The van der Waals surface area contributed by atoms with E-state index in [1.54, 1.807) is 0 Å². The van der Waals surface area contributed by atoms with Gasteiger partial charge < -0.3 is 11.1 Å². The Labute approximate surface area is 136 Å². The van der Waals surface area contributed by atoms with Crippen LogP contribution in [0.1, 0.15) is 24.0 Å². The van der Waals surface area contributed by atoms with Crippen molar-refractivity contribution >= 4 is 23.4 Å². The molecule has 1 aliphatic heterocycles. The molecule has 0 aliphatic carbocycles. The summed E-state index contributed by atoms with van der Waals surface area (Å²) in [7, 11) is 0. The van der Waals surface area contributed by atoms with E-state index in [2.05, 4.69) is 53.6 Å². The molecule has 2 aromatic carbocycles. The average Bonchev–Trinajstić information content (AvgIpc) is 2.96. The summed E-state index contributed by atoms with van der Waals surface area (Å²) in [4.78, 5) is 5.91. The summed E-state index contributed by atoms with van der Waals surface area (Å²) < 4.78 is 0. The van der Waals surface area contributed by atoms with Gasteiger partial charge in [-0.05, 0) is 35.7 Å². The number of thioether (sulfide) groups is 1. The Kier molecular flexibility index (Phi) is 4.68. The topological polar surface area (TPSA) is 50.4 Å². The molecule has 1 aliphatic rings. The van der Waals surface area contributed by atoms with Gasteiger partial charge in [0, 0.05) is 22.3 Å². The van der Waals surface area contributed by atoms with E-state index < -0.39 is 0 Å². The maximum atomic E-state index is 6.03. The number of anilines is 1. The fourth-order valence-corrected chi connectivity index (χ4v) is 3.89. The van der Waals surface area contributed by atoms with Gasteiger partial charge in [-0.2, -0.15) is 0 Å². The summed E-state index contributed by atoms with van der Waals surface area (Å²) in [5.74, 6) is 2.03. The van der Waals surface area contributed by atoms with E-state index in [1.165, 1.54) is 16.0 Å². The molecule has 0 saturated carbocycles. The summed E-state index contributed by atoms with van der Waals surface area (Å²) >= 11 is 1.91. The van der Waals surface area contributed by atoms with Gasteiger partial charge in [0.15, 0.2) is 5.96 Å². The van der Waals surface area contributed by atoms with Crippen LogP contribution < -0.4 is 11.1 Å². The van der Waals surface area contributed by atoms with Gasteiger partial charge in [-0.15, -0.1) is 11.8 Å². The van der Waals surface area contributed by atoms with E-state index in [9.17, 15) is 0 Å². The number of nitrogens with one attached hydrogen (secondary N) is 1. The van der Waals surface area contributed by atoms with Crippen molar-refractivity contribution in [2.75, 3.05) is 17.6 Å². The quantitative estimate of drug-likeness (QED) is 0.666. The van der Waals surface area contributed by atoms with Crippen LogP contribution in [0.4, 0.5) is 5.69 Å². The number of hydrogen-bond acceptors (Lipinski definition) is 2. The third kappa shape index (κ3) is 3.45. The summed E-state index contributed by atoms with van der Waals surface area (Å²) in [6.07, 6.45) is 1.02. The van der Waals surface area contributed by atoms with Gasteiger partial charge in [-0.25, -0.2) is 0 Å². The maximum absolute atomic E-state index is 6.03. The lowest BCUT2D eigenvalue weighted by molar-refractivity contribution is 0.787. The molecule has 0 amide bonds. The zero-order chi connectivity index (χ0) is 15.4. The van der Waals surface area contributed by atoms with Crippen LogP contribution in [0, 0.1) is 0 Å². The van der Waals surface area contributed by atoms with Crippen molar-refractivity contribution in [3.63, 3.8) is 0 Å². The third-order valence-electron chi connectivity index (χ3n) is 3.89. The second kappa shape index (κ2) is 6.88. The molecule has 3 N–H and O–H groups in total. The van der Waals surface area contributed by atoms with Gasteiger partial charge in [0.05, 0.1) is 6.54 Å². The summed E-state index contributed by atoms with van der Waals surface area (Å²) in [5.41, 5.74) is 9.72. The Morgan fingerprint density at radius 3 is 3.00 bits per heavy atom. The van der Waals surface area contributed by atoms with Crippen LogP contribution in [0.2, 0.25) is 0 Å². The zero-order valence-corrected chi connectivity index (χ0v) is 13.6. The molecule has 0 aromatic heterocycles. The highest BCUT2D eigenvalue weighted by atomic mass is 32.2. The number of nitrogens with zero attached hydrogens (tertiary/aromatic N) is 1. The standard InChI is InChI=1S/C18H21N3S/c1-2-13-6-5-7-15(10-13)21-18(19)20-11-14-12-22-17-9-4-3-8-16(14)17/h3-10,14H,2,11-12H2,1H3,(H3,19,20,21). The Balaban J connectivity index is 1.63. The minimum Gasteiger partial charge on any atom is -0.370 e. The molecule has 22 heavy (non-hydrogen) atoms. The van der Waals surface area contributed by atoms with E-state index >= 15 is 0 Å². The van der Waals surface area contributed by atoms with Crippen LogP contribution in [0.5, 0.6) is 0 Å². The third-order valence-corrected chi connectivity index (χ3v) is 5.14. The number of nitrogens with two attached hydrogens (primary N) is 1. The number of fused-ring (bicyclic) bond motifs is 1. The summed E-state index contributed by atoms with van der Waals surface area (Å²) in [5, 5.41) is 3.19. The lowest BCUT2D eigenvalue weighted by atomic mass is 10.0. The lowest BCUT2D eigenvalue weighted by Crippen LogP contribution is -2.23. The number of benzene rings is 2. The van der Waals surface area contributed by atoms with Crippen LogP contribution >= 0.6 is 11.8 Å². The fourth-order valence-electron chi connectivity index (χ4n) is 2.65. The van der Waals surface area contributed by atoms with Gasteiger partial charge in [-0.1, -0.05) is 37.3 Å². The van der Waals surface area contributed by atoms with Crippen molar-refractivity contribution in [3.05, 3.63) is 59.7 Å². The van der Waals surface area contributed by atoms with Crippen molar-refractivity contribution in [2.45, 2.75) is 24.2 Å². The number of guanidine groups is 1. The van der Waals surface area contributed by atoms with Crippen LogP contribution in [-0.2, 0) is 6.42 Å². The minimum atomic E-state index is 0.462. The number of hydrogen-bond donors (Lipinski definition) is 2. The molecule has 0 spiro atoms. The van der Waals surface area contributed by atoms with E-state index in [0.29, 0.717) is 11.9 Å². The molecule has 2 aromatic rings. The molecule has 0 fully saturated rings. The number of aliphatic imine (C=N–C) groups is 1. The van der Waals surface area contributed by atoms with Crippen LogP contribution in [0.3, 0.4) is 0 Å². The second-order valence-corrected chi connectivity index (χ2v) is 6.51. The Morgan fingerprint density at radius 2 is 2.14 bits per heavy atom. The molecule has 0 bridgehead atoms. The number of rotatable bonds is 4. The molecule has 3 rings (SSSR count). The minimum absolute atomic E-state index is 0.462. The zero-order valence-electron chi connectivity index (χ0n) is 12.8. The first-order valence-corrected chi connectivity index (χ1v) is 8.62. The Morgan fingerprint density at radius 1 is 1.27 bits per heavy atom. The van der Waals surface area contributed by atoms with E-state index in [-0.39, 0.29) is 0 Å². The SMILES string of the molecule is CCc1cccc(NC(N)=NCC2CSc3ccccc32)c1. The van der Waals surface area contributed by atoms with E-state index in [0.717, 1.165) is 24.4 Å². The van der Waals surface area contributed by atoms with Crippen LogP contribution in [0.15, 0.2) is 58.4 Å². The van der Waals surface area contributed by atoms with Gasteiger partial charge in [0.1, 0.15) is 0 Å². The number of aryl methyl sites for hydroxylation is 1. The van der Waals surface area contributed by atoms with E-state index in [1.807, 2.05) is 23.9 Å². The summed E-state index contributed by atoms with van der Waals surface area (Å²) in [6, 6.07) is 16.9. The molecule has 1 unspecified atom stereocenters. The van der Waals surface area contributed by atoms with Crippen molar-refractivity contribution in [2.24, 2.45) is 10.7 Å². The van der Waals surface area contributed by atoms with Gasteiger partial charge in [0.2, 0.25) is 0 Å². The molecule has 0 saturated heterocycles. The van der Waals surface area contributed by atoms with Crippen molar-refractivity contribution in [1.29, 1.82) is 0 Å². The van der Waals surface area contributed by atoms with Crippen molar-refractivity contribution in [3.8, 4) is 0 Å². The summed E-state index contributed by atoms with van der Waals surface area (Å²) in [6.45, 7) is 2.88. The van der Waals surface area contributed by atoms with Gasteiger partial charge in [0.25, 0.3) is 0 Å². The Bertz CT molecular complexity index is 682. The Hall–Kier alpha value is -1.94. The molecule has 3 nitrogen and oxygen atoms in total. The monoisotopic (exact) mass is 311 g/mol. The predicted octanol–water partition coefficient (Wildman–Crippen LogP) is 3.87. The van der Waals surface area contributed by atoms with Crippen LogP contribution in [0.25, 0.3) is 0 Å². The maximum Gasteiger partial charge on any atom is 0.193 e. The molecule has 0 radical (unpaired) electrons. The first-order valence-electron chi connectivity index (χ1n) is 7.64. The normalized spacial score (nSPS) is 17.3. The highest BCUT2D eigenvalue weighted by Gasteiger charge is 2.22. The molecular formula is C18H21N3S. The lowest BCUT2D eigenvalue weighted by Gasteiger charge is -2.10. The highest BCUT2D eigenvalue weighted by Crippen LogP contribution is 2.39. The first-order chi connectivity index (χ1) is 10.8. The second-order valence-electron chi connectivity index (χ2n) is 5.45. The smallest absolute Gasteiger partial charge is 0.193 e. The van der Waals surface area contributed by atoms with Crippen LogP contribution in [-0.4, -0.2) is 18.3 Å².